The maximum Gasteiger partial charge on any atom is 0.0992 e. The first kappa shape index (κ1) is 43.7. The molecule has 0 saturated heterocycles. The van der Waals surface area contributed by atoms with E-state index in [0.29, 0.717) is 11.1 Å². The van der Waals surface area contributed by atoms with Crippen LogP contribution in [0.4, 0.5) is 34.1 Å². The average Bonchev–Trinajstić information content (AvgIpc) is 3.36. The van der Waals surface area contributed by atoms with Gasteiger partial charge in [-0.15, -0.1) is 0 Å². The summed E-state index contributed by atoms with van der Waals surface area (Å²) in [5.41, 5.74) is 18.9. The Balaban J connectivity index is 1.35. The van der Waals surface area contributed by atoms with Gasteiger partial charge in [-0.25, -0.2) is 0 Å². The highest BCUT2D eigenvalue weighted by molar-refractivity contribution is 6.29. The molecule has 0 saturated carbocycles. The SMILES string of the molecule is Cc1ccc(C#N)cc1N(c1cc(-c2ccccc2)ccc1C)c1cc(C(C)C)c2ccc3c(N(c4cc(C#N)ccc4C)c4cc(-c5ccccc5)ccc4C)cc(C(C)C)c4ccc1c2c43. The number of nitrogens with zero attached hydrogens (tertiary/aromatic N) is 4. The fourth-order valence-corrected chi connectivity index (χ4v) is 10.3. The van der Waals surface area contributed by atoms with Crippen molar-refractivity contribution in [1.29, 1.82) is 10.5 Å². The van der Waals surface area contributed by atoms with Crippen molar-refractivity contribution in [2.45, 2.75) is 67.2 Å². The van der Waals surface area contributed by atoms with E-state index >= 15 is 0 Å². The maximum atomic E-state index is 10.4. The molecule has 0 aliphatic carbocycles. The minimum absolute atomic E-state index is 0.198. The predicted octanol–water partition coefficient (Wildman–Crippen LogP) is 18.1. The van der Waals surface area contributed by atoms with Gasteiger partial charge in [0.1, 0.15) is 0 Å². The number of anilines is 6. The van der Waals surface area contributed by atoms with E-state index in [0.717, 1.165) is 89.4 Å². The van der Waals surface area contributed by atoms with Crippen LogP contribution in [-0.4, -0.2) is 0 Å². The monoisotopic (exact) mass is 878 g/mol. The highest BCUT2D eigenvalue weighted by Crippen LogP contribution is 2.52. The molecule has 0 radical (unpaired) electrons. The summed E-state index contributed by atoms with van der Waals surface area (Å²) in [4.78, 5) is 4.84. The molecule has 0 aromatic heterocycles. The van der Waals surface area contributed by atoms with E-state index in [-0.39, 0.29) is 11.8 Å². The van der Waals surface area contributed by atoms with Gasteiger partial charge in [-0.05, 0) is 165 Å². The maximum absolute atomic E-state index is 10.4. The van der Waals surface area contributed by atoms with Crippen LogP contribution in [0, 0.1) is 50.4 Å². The molecule has 4 heteroatoms. The molecule has 10 aromatic carbocycles. The van der Waals surface area contributed by atoms with E-state index in [1.807, 2.05) is 24.3 Å². The molecule has 0 spiro atoms. The second kappa shape index (κ2) is 17.6. The Kier molecular flexibility index (Phi) is 11.3. The van der Waals surface area contributed by atoms with Crippen molar-refractivity contribution in [3.8, 4) is 34.4 Å². The lowest BCUT2D eigenvalue weighted by atomic mass is 9.83. The van der Waals surface area contributed by atoms with Crippen molar-refractivity contribution in [2.75, 3.05) is 9.80 Å². The Morgan fingerprint density at radius 2 is 0.676 bits per heavy atom. The Morgan fingerprint density at radius 1 is 0.338 bits per heavy atom. The summed E-state index contributed by atoms with van der Waals surface area (Å²) in [7, 11) is 0. The fraction of sp³-hybridized carbons (Fsp3) is 0.156. The van der Waals surface area contributed by atoms with E-state index < -0.39 is 0 Å². The second-order valence-electron chi connectivity index (χ2n) is 19.0. The molecule has 4 nitrogen and oxygen atoms in total. The van der Waals surface area contributed by atoms with E-state index in [4.69, 9.17) is 0 Å². The third-order valence-corrected chi connectivity index (χ3v) is 13.9. The van der Waals surface area contributed by atoms with Gasteiger partial charge in [0.25, 0.3) is 0 Å². The van der Waals surface area contributed by atoms with Gasteiger partial charge in [-0.3, -0.25) is 0 Å². The molecule has 0 aliphatic rings. The average molecular weight is 879 g/mol. The van der Waals surface area contributed by atoms with Gasteiger partial charge in [-0.1, -0.05) is 149 Å². The van der Waals surface area contributed by atoms with E-state index in [1.54, 1.807) is 0 Å². The Morgan fingerprint density at radius 3 is 1.03 bits per heavy atom. The van der Waals surface area contributed by atoms with Crippen LogP contribution in [0.3, 0.4) is 0 Å². The number of hydrogen-bond acceptors (Lipinski definition) is 4. The molecule has 10 aromatic rings. The van der Waals surface area contributed by atoms with Crippen LogP contribution in [0.25, 0.3) is 54.6 Å². The van der Waals surface area contributed by atoms with Crippen LogP contribution >= 0.6 is 0 Å². The normalized spacial score (nSPS) is 11.5. The smallest absolute Gasteiger partial charge is 0.0992 e. The predicted molar refractivity (Wildman–Crippen MR) is 287 cm³/mol. The Bertz CT molecular complexity index is 3400. The van der Waals surface area contributed by atoms with Crippen LogP contribution in [0.15, 0.2) is 170 Å². The van der Waals surface area contributed by atoms with Gasteiger partial charge in [-0.2, -0.15) is 10.5 Å². The van der Waals surface area contributed by atoms with Crippen LogP contribution in [0.5, 0.6) is 0 Å². The molecule has 0 atom stereocenters. The first-order chi connectivity index (χ1) is 32.9. The molecule has 0 heterocycles. The van der Waals surface area contributed by atoms with Gasteiger partial charge >= 0.3 is 0 Å². The molecule has 0 unspecified atom stereocenters. The van der Waals surface area contributed by atoms with Gasteiger partial charge in [0.05, 0.1) is 46.0 Å². The van der Waals surface area contributed by atoms with Crippen molar-refractivity contribution in [3.05, 3.63) is 214 Å². The summed E-state index contributed by atoms with van der Waals surface area (Å²) in [6, 6.07) is 65.8. The number of aryl methyl sites for hydroxylation is 4. The summed E-state index contributed by atoms with van der Waals surface area (Å²) < 4.78 is 0. The lowest BCUT2D eigenvalue weighted by molar-refractivity contribution is 0.875. The molecule has 0 bridgehead atoms. The van der Waals surface area contributed by atoms with Crippen LogP contribution in [-0.2, 0) is 0 Å². The first-order valence-corrected chi connectivity index (χ1v) is 23.7. The number of benzene rings is 10. The van der Waals surface area contributed by atoms with Gasteiger partial charge in [0.2, 0.25) is 0 Å². The summed E-state index contributed by atoms with van der Waals surface area (Å²) >= 11 is 0. The van der Waals surface area contributed by atoms with Crippen LogP contribution in [0.2, 0.25) is 0 Å². The zero-order valence-electron chi connectivity index (χ0n) is 40.1. The van der Waals surface area contributed by atoms with Crippen molar-refractivity contribution >= 4 is 66.4 Å². The highest BCUT2D eigenvalue weighted by atomic mass is 15.2. The minimum Gasteiger partial charge on any atom is -0.309 e. The zero-order valence-corrected chi connectivity index (χ0v) is 40.1. The summed E-state index contributed by atoms with van der Waals surface area (Å²) in [6.45, 7) is 17.8. The summed E-state index contributed by atoms with van der Waals surface area (Å²) in [5.74, 6) is 0.396. The number of rotatable bonds is 10. The third-order valence-electron chi connectivity index (χ3n) is 13.9. The largest absolute Gasteiger partial charge is 0.309 e. The molecular formula is C64H54N4. The van der Waals surface area contributed by atoms with Crippen molar-refractivity contribution in [3.63, 3.8) is 0 Å². The fourth-order valence-electron chi connectivity index (χ4n) is 10.3. The molecule has 10 rings (SSSR count). The summed E-state index contributed by atoms with van der Waals surface area (Å²) in [6.07, 6.45) is 0. The van der Waals surface area contributed by atoms with Crippen LogP contribution < -0.4 is 9.80 Å². The topological polar surface area (TPSA) is 54.1 Å². The van der Waals surface area contributed by atoms with E-state index in [9.17, 15) is 10.5 Å². The summed E-state index contributed by atoms with van der Waals surface area (Å²) in [5, 5.41) is 27.9. The van der Waals surface area contributed by atoms with E-state index in [1.165, 1.54) is 32.7 Å². The molecule has 0 amide bonds. The van der Waals surface area contributed by atoms with Gasteiger partial charge in [0, 0.05) is 22.1 Å². The van der Waals surface area contributed by atoms with E-state index in [2.05, 4.69) is 223 Å². The van der Waals surface area contributed by atoms with Crippen molar-refractivity contribution in [1.82, 2.24) is 0 Å². The van der Waals surface area contributed by atoms with Crippen LogP contribution in [0.1, 0.15) is 84.0 Å². The highest BCUT2D eigenvalue weighted by Gasteiger charge is 2.28. The minimum atomic E-state index is 0.198. The zero-order chi connectivity index (χ0) is 47.4. The molecule has 68 heavy (non-hydrogen) atoms. The number of hydrogen-bond donors (Lipinski definition) is 0. The second-order valence-corrected chi connectivity index (χ2v) is 19.0. The lowest BCUT2D eigenvalue weighted by Crippen LogP contribution is -2.15. The van der Waals surface area contributed by atoms with Crippen molar-refractivity contribution < 1.29 is 0 Å². The molecule has 330 valence electrons. The van der Waals surface area contributed by atoms with Crippen molar-refractivity contribution in [2.24, 2.45) is 0 Å². The standard InChI is InChI=1S/C64H54N4/c1-39(2)55-35-61(67(57-31-45(37-65)23-19-41(57)5)59-33-49(25-21-43(59)7)47-15-11-9-12-16-47)53-30-28-52-56(40(3)4)36-62(54-29-27-51(55)63(53)64(52)54)68(58-32-46(38-66)24-20-42(58)6)60-34-50(26-22-44(60)8)48-17-13-10-14-18-48/h9-36,39-40H,1-8H3. The van der Waals surface area contributed by atoms with Gasteiger partial charge in [0.15, 0.2) is 0 Å². The molecular weight excluding hydrogens is 825 g/mol. The lowest BCUT2D eigenvalue weighted by Gasteiger charge is -2.33. The Labute approximate surface area is 400 Å². The Hall–Kier alpha value is -8.18. The molecule has 0 fully saturated rings. The molecule has 0 aliphatic heterocycles. The first-order valence-electron chi connectivity index (χ1n) is 23.7. The molecule has 0 N–H and O–H groups in total. The quantitative estimate of drug-likeness (QED) is 0.128. The van der Waals surface area contributed by atoms with Gasteiger partial charge < -0.3 is 9.80 Å². The number of nitriles is 2. The third kappa shape index (κ3) is 7.49.